The van der Waals surface area contributed by atoms with Gasteiger partial charge in [0.2, 0.25) is 5.78 Å². The molecule has 3 aromatic rings. The highest BCUT2D eigenvalue weighted by Gasteiger charge is 2.30. The van der Waals surface area contributed by atoms with Gasteiger partial charge < -0.3 is 14.2 Å². The summed E-state index contributed by atoms with van der Waals surface area (Å²) in [6, 6.07) is 17.0. The first-order valence-corrected chi connectivity index (χ1v) is 10.1. The number of nitrogens with zero attached hydrogens (tertiary/aromatic N) is 1. The van der Waals surface area contributed by atoms with Crippen molar-refractivity contribution in [2.75, 3.05) is 6.61 Å². The van der Waals surface area contributed by atoms with E-state index in [1.165, 1.54) is 12.1 Å². The van der Waals surface area contributed by atoms with Gasteiger partial charge in [0, 0.05) is 17.7 Å². The highest BCUT2D eigenvalue weighted by atomic mass is 16.6. The molecule has 4 rings (SSSR count). The topological polar surface area (TPSA) is 87.9 Å². The third-order valence-corrected chi connectivity index (χ3v) is 5.07. The third-order valence-electron chi connectivity index (χ3n) is 5.07. The molecule has 0 saturated carbocycles. The minimum atomic E-state index is -0.442. The molecule has 7 heteroatoms. The number of ether oxygens (including phenoxy) is 3. The predicted octanol–water partition coefficient (Wildman–Crippen LogP) is 5.50. The molecule has 1 heterocycles. The van der Waals surface area contributed by atoms with Crippen LogP contribution in [0.25, 0.3) is 6.08 Å². The number of hydrogen-bond acceptors (Lipinski definition) is 6. The number of fused-ring (bicyclic) bond motifs is 1. The molecule has 0 radical (unpaired) electrons. The number of nitro benzene ring substituents is 1. The molecule has 1 aliphatic rings. The third kappa shape index (κ3) is 4.32. The van der Waals surface area contributed by atoms with Crippen LogP contribution in [0, 0.1) is 17.0 Å². The van der Waals surface area contributed by atoms with E-state index in [-0.39, 0.29) is 23.8 Å². The van der Waals surface area contributed by atoms with Crippen molar-refractivity contribution in [2.45, 2.75) is 20.5 Å². The van der Waals surface area contributed by atoms with Crippen LogP contribution in [-0.4, -0.2) is 17.3 Å². The van der Waals surface area contributed by atoms with E-state index in [1.54, 1.807) is 30.3 Å². The monoisotopic (exact) mass is 431 g/mol. The molecular formula is C25H21NO6. The van der Waals surface area contributed by atoms with Crippen molar-refractivity contribution in [1.29, 1.82) is 0 Å². The van der Waals surface area contributed by atoms with Crippen LogP contribution in [0.1, 0.15) is 34.0 Å². The number of benzene rings is 3. The molecule has 7 nitrogen and oxygen atoms in total. The first-order chi connectivity index (χ1) is 15.5. The summed E-state index contributed by atoms with van der Waals surface area (Å²) >= 11 is 0. The fraction of sp³-hybridized carbons (Fsp3) is 0.160. The number of nitro groups is 1. The summed E-state index contributed by atoms with van der Waals surface area (Å²) in [6.07, 6.45) is 1.70. The Morgan fingerprint density at radius 2 is 1.72 bits per heavy atom. The van der Waals surface area contributed by atoms with Gasteiger partial charge in [0.05, 0.1) is 17.1 Å². The number of allylic oxidation sites excluding steroid dienone is 1. The number of non-ortho nitro benzene ring substituents is 1. The molecule has 0 unspecified atom stereocenters. The number of carbonyl (C=O) groups excluding carboxylic acids is 1. The Hall–Kier alpha value is -4.13. The van der Waals surface area contributed by atoms with Gasteiger partial charge in [0.15, 0.2) is 5.76 Å². The molecule has 0 atom stereocenters. The summed E-state index contributed by atoms with van der Waals surface area (Å²) < 4.78 is 17.2. The van der Waals surface area contributed by atoms with Crippen LogP contribution >= 0.6 is 0 Å². The zero-order valence-corrected chi connectivity index (χ0v) is 17.7. The van der Waals surface area contributed by atoms with Crippen molar-refractivity contribution < 1.29 is 23.9 Å². The summed E-state index contributed by atoms with van der Waals surface area (Å²) in [5, 5.41) is 10.8. The van der Waals surface area contributed by atoms with Gasteiger partial charge in [-0.25, -0.2) is 0 Å². The van der Waals surface area contributed by atoms with Gasteiger partial charge in [-0.3, -0.25) is 14.9 Å². The Labute approximate surface area is 185 Å². The van der Waals surface area contributed by atoms with Crippen molar-refractivity contribution in [3.8, 4) is 17.2 Å². The number of carbonyl (C=O) groups is 1. The Kier molecular flexibility index (Phi) is 5.89. The highest BCUT2D eigenvalue weighted by molar-refractivity contribution is 6.14. The van der Waals surface area contributed by atoms with Crippen molar-refractivity contribution in [3.05, 3.63) is 98.8 Å². The lowest BCUT2D eigenvalue weighted by Crippen LogP contribution is -1.99. The number of Topliss-reactive ketones (excluding diaryl/α,β-unsaturated/α-hetero) is 1. The van der Waals surface area contributed by atoms with Crippen LogP contribution in [0.2, 0.25) is 0 Å². The van der Waals surface area contributed by atoms with Crippen LogP contribution in [-0.2, 0) is 6.61 Å². The first-order valence-electron chi connectivity index (χ1n) is 10.1. The molecule has 0 amide bonds. The number of hydrogen-bond donors (Lipinski definition) is 0. The van der Waals surface area contributed by atoms with Crippen molar-refractivity contribution >= 4 is 17.5 Å². The second kappa shape index (κ2) is 8.93. The summed E-state index contributed by atoms with van der Waals surface area (Å²) in [7, 11) is 0. The molecule has 0 bridgehead atoms. The first kappa shape index (κ1) is 21.1. The molecule has 0 aromatic heterocycles. The molecule has 1 aliphatic heterocycles. The Morgan fingerprint density at radius 1 is 1.00 bits per heavy atom. The summed E-state index contributed by atoms with van der Waals surface area (Å²) in [4.78, 5) is 23.1. The Balaban J connectivity index is 1.49. The maximum atomic E-state index is 12.8. The fourth-order valence-electron chi connectivity index (χ4n) is 3.38. The molecule has 0 aliphatic carbocycles. The van der Waals surface area contributed by atoms with Crippen LogP contribution < -0.4 is 14.2 Å². The summed E-state index contributed by atoms with van der Waals surface area (Å²) in [5.74, 6) is 1.89. The zero-order chi connectivity index (χ0) is 22.7. The number of ketones is 1. The standard InChI is InChI=1S/C25H21NO6/c1-3-30-20-10-6-17(7-11-20)14-23-24(27)21-12-13-22(16(2)25(21)32-23)31-15-18-4-8-19(9-5-18)26(28)29/h4-14H,3,15H2,1-2H3/b23-14-. The zero-order valence-electron chi connectivity index (χ0n) is 17.7. The average Bonchev–Trinajstić information content (AvgIpc) is 3.11. The molecule has 0 spiro atoms. The Bertz CT molecular complexity index is 1200. The largest absolute Gasteiger partial charge is 0.494 e. The fourth-order valence-corrected chi connectivity index (χ4v) is 3.38. The normalized spacial score (nSPS) is 13.6. The molecule has 162 valence electrons. The maximum Gasteiger partial charge on any atom is 0.269 e. The predicted molar refractivity (Wildman–Crippen MR) is 119 cm³/mol. The van der Waals surface area contributed by atoms with Gasteiger partial charge in [0.1, 0.15) is 23.9 Å². The van der Waals surface area contributed by atoms with Crippen LogP contribution in [0.3, 0.4) is 0 Å². The van der Waals surface area contributed by atoms with Crippen LogP contribution in [0.4, 0.5) is 5.69 Å². The van der Waals surface area contributed by atoms with Crippen LogP contribution in [0.15, 0.2) is 66.4 Å². The van der Waals surface area contributed by atoms with E-state index >= 15 is 0 Å². The van der Waals surface area contributed by atoms with Crippen molar-refractivity contribution in [2.24, 2.45) is 0 Å². The van der Waals surface area contributed by atoms with Gasteiger partial charge in [-0.1, -0.05) is 12.1 Å². The lowest BCUT2D eigenvalue weighted by atomic mass is 10.1. The highest BCUT2D eigenvalue weighted by Crippen LogP contribution is 2.39. The van der Waals surface area contributed by atoms with Gasteiger partial charge >= 0.3 is 0 Å². The molecule has 0 saturated heterocycles. The lowest BCUT2D eigenvalue weighted by molar-refractivity contribution is -0.384. The minimum absolute atomic E-state index is 0.0289. The van der Waals surface area contributed by atoms with Crippen molar-refractivity contribution in [1.82, 2.24) is 0 Å². The molecule has 32 heavy (non-hydrogen) atoms. The van der Waals surface area contributed by atoms with E-state index in [2.05, 4.69) is 0 Å². The Morgan fingerprint density at radius 3 is 2.38 bits per heavy atom. The average molecular weight is 431 g/mol. The van der Waals surface area contributed by atoms with E-state index < -0.39 is 4.92 Å². The van der Waals surface area contributed by atoms with E-state index in [0.29, 0.717) is 29.2 Å². The second-order valence-corrected chi connectivity index (χ2v) is 7.22. The molecule has 3 aromatic carbocycles. The lowest BCUT2D eigenvalue weighted by Gasteiger charge is -2.11. The summed E-state index contributed by atoms with van der Waals surface area (Å²) in [6.45, 7) is 4.58. The van der Waals surface area contributed by atoms with Gasteiger partial charge in [0.25, 0.3) is 5.69 Å². The van der Waals surface area contributed by atoms with E-state index in [4.69, 9.17) is 14.2 Å². The maximum absolute atomic E-state index is 12.8. The minimum Gasteiger partial charge on any atom is -0.494 e. The van der Waals surface area contributed by atoms with E-state index in [1.807, 2.05) is 38.1 Å². The quantitative estimate of drug-likeness (QED) is 0.279. The summed E-state index contributed by atoms with van der Waals surface area (Å²) in [5.41, 5.74) is 2.86. The second-order valence-electron chi connectivity index (χ2n) is 7.22. The smallest absolute Gasteiger partial charge is 0.269 e. The van der Waals surface area contributed by atoms with Crippen LogP contribution in [0.5, 0.6) is 17.2 Å². The number of rotatable bonds is 7. The van der Waals surface area contributed by atoms with E-state index in [0.717, 1.165) is 16.9 Å². The SMILES string of the molecule is CCOc1ccc(/C=C2\Oc3c(ccc(OCc4ccc([N+](=O)[O-])cc4)c3C)C2=O)cc1. The molecule has 0 N–H and O–H groups in total. The molecule has 0 fully saturated rings. The van der Waals surface area contributed by atoms with Gasteiger partial charge in [-0.05, 0) is 67.4 Å². The van der Waals surface area contributed by atoms with Crippen molar-refractivity contribution in [3.63, 3.8) is 0 Å². The molecular weight excluding hydrogens is 410 g/mol. The van der Waals surface area contributed by atoms with Gasteiger partial charge in [-0.15, -0.1) is 0 Å². The van der Waals surface area contributed by atoms with Gasteiger partial charge in [-0.2, -0.15) is 0 Å². The van der Waals surface area contributed by atoms with E-state index in [9.17, 15) is 14.9 Å².